The minimum absolute atomic E-state index is 0.102. The van der Waals surface area contributed by atoms with Crippen molar-refractivity contribution in [2.24, 2.45) is 0 Å². The molecule has 106 valence electrons. The highest BCUT2D eigenvalue weighted by Crippen LogP contribution is 2.27. The smallest absolute Gasteiger partial charge is 0.269 e. The average Bonchev–Trinajstić information content (AvgIpc) is 2.52. The lowest BCUT2D eigenvalue weighted by molar-refractivity contribution is 0.0948. The highest BCUT2D eigenvalue weighted by molar-refractivity contribution is 6.10. The van der Waals surface area contributed by atoms with E-state index in [0.717, 1.165) is 28.3 Å². The summed E-state index contributed by atoms with van der Waals surface area (Å²) >= 11 is 0. The van der Waals surface area contributed by atoms with E-state index < -0.39 is 0 Å². The number of nitrogens with one attached hydrogen (secondary N) is 1. The number of benzene rings is 2. The number of amides is 1. The third-order valence-electron chi connectivity index (χ3n) is 3.70. The Hall–Kier alpha value is -2.42. The maximum atomic E-state index is 12.2. The Morgan fingerprint density at radius 3 is 2.71 bits per heavy atom. The van der Waals surface area contributed by atoms with Crippen molar-refractivity contribution in [2.75, 3.05) is 6.54 Å². The molecule has 0 aliphatic carbocycles. The average molecular weight is 278 g/mol. The number of carbonyl (C=O) groups is 1. The molecule has 3 rings (SSSR count). The molecule has 1 heterocycles. The van der Waals surface area contributed by atoms with Crippen LogP contribution in [0.2, 0.25) is 0 Å². The van der Waals surface area contributed by atoms with E-state index in [9.17, 15) is 4.79 Å². The number of nitrogens with zero attached hydrogens (tertiary/aromatic N) is 1. The largest absolute Gasteiger partial charge is 0.351 e. The molecule has 2 aromatic carbocycles. The van der Waals surface area contributed by atoms with Gasteiger partial charge in [-0.3, -0.25) is 4.79 Å². The molecule has 0 radical (unpaired) electrons. The predicted molar refractivity (Wildman–Crippen MR) is 86.6 cm³/mol. The molecule has 1 N–H and O–H groups in total. The van der Waals surface area contributed by atoms with Gasteiger partial charge in [-0.1, -0.05) is 43.3 Å². The van der Waals surface area contributed by atoms with E-state index in [1.54, 1.807) is 0 Å². The summed E-state index contributed by atoms with van der Waals surface area (Å²) < 4.78 is 0. The van der Waals surface area contributed by atoms with Crippen LogP contribution in [0.5, 0.6) is 0 Å². The second kappa shape index (κ2) is 5.52. The Balaban J connectivity index is 2.21. The zero-order chi connectivity index (χ0) is 14.8. The van der Waals surface area contributed by atoms with Gasteiger partial charge in [-0.15, -0.1) is 0 Å². The van der Waals surface area contributed by atoms with Crippen LogP contribution in [0.25, 0.3) is 21.5 Å². The molecule has 0 aliphatic rings. The molecule has 0 saturated heterocycles. The zero-order valence-corrected chi connectivity index (χ0v) is 12.3. The van der Waals surface area contributed by atoms with Gasteiger partial charge < -0.3 is 5.32 Å². The van der Waals surface area contributed by atoms with E-state index in [4.69, 9.17) is 0 Å². The van der Waals surface area contributed by atoms with Gasteiger partial charge in [-0.2, -0.15) is 0 Å². The first kappa shape index (κ1) is 13.6. The molecule has 0 fully saturated rings. The monoisotopic (exact) mass is 278 g/mol. The fourth-order valence-electron chi connectivity index (χ4n) is 2.62. The van der Waals surface area contributed by atoms with E-state index in [0.29, 0.717) is 12.2 Å². The van der Waals surface area contributed by atoms with Gasteiger partial charge in [0.2, 0.25) is 0 Å². The second-order valence-electron chi connectivity index (χ2n) is 5.23. The molecule has 1 amide bonds. The van der Waals surface area contributed by atoms with Crippen LogP contribution < -0.4 is 5.32 Å². The SMILES string of the molecule is CCCNC(=O)c1cc2c(ccc3ccccc32)c(C)n1. The van der Waals surface area contributed by atoms with Gasteiger partial charge >= 0.3 is 0 Å². The lowest BCUT2D eigenvalue weighted by Crippen LogP contribution is -2.25. The summed E-state index contributed by atoms with van der Waals surface area (Å²) in [7, 11) is 0. The lowest BCUT2D eigenvalue weighted by atomic mass is 10.0. The quantitative estimate of drug-likeness (QED) is 0.740. The summed E-state index contributed by atoms with van der Waals surface area (Å²) in [6.07, 6.45) is 0.918. The van der Waals surface area contributed by atoms with E-state index in [-0.39, 0.29) is 5.91 Å². The summed E-state index contributed by atoms with van der Waals surface area (Å²) in [5, 5.41) is 7.40. The van der Waals surface area contributed by atoms with Crippen molar-refractivity contribution >= 4 is 27.5 Å². The Labute approximate surface area is 124 Å². The fourth-order valence-corrected chi connectivity index (χ4v) is 2.62. The summed E-state index contributed by atoms with van der Waals surface area (Å²) in [6, 6.07) is 14.3. The van der Waals surface area contributed by atoms with Gasteiger partial charge in [0.05, 0.1) is 0 Å². The number of fused-ring (bicyclic) bond motifs is 3. The van der Waals surface area contributed by atoms with E-state index in [1.165, 1.54) is 5.39 Å². The van der Waals surface area contributed by atoms with Crippen LogP contribution in [0.1, 0.15) is 29.5 Å². The lowest BCUT2D eigenvalue weighted by Gasteiger charge is -2.09. The van der Waals surface area contributed by atoms with Crippen LogP contribution in [0.3, 0.4) is 0 Å². The summed E-state index contributed by atoms with van der Waals surface area (Å²) in [4.78, 5) is 16.6. The third kappa shape index (κ3) is 2.47. The van der Waals surface area contributed by atoms with Crippen LogP contribution in [0.4, 0.5) is 0 Å². The van der Waals surface area contributed by atoms with Crippen molar-refractivity contribution in [3.05, 3.63) is 53.9 Å². The molecule has 3 nitrogen and oxygen atoms in total. The Kier molecular flexibility index (Phi) is 3.57. The van der Waals surface area contributed by atoms with Crippen molar-refractivity contribution < 1.29 is 4.79 Å². The molecule has 0 saturated carbocycles. The predicted octanol–water partition coefficient (Wildman–Crippen LogP) is 3.84. The molecular weight excluding hydrogens is 260 g/mol. The molecule has 3 aromatic rings. The summed E-state index contributed by atoms with van der Waals surface area (Å²) in [6.45, 7) is 4.66. The maximum absolute atomic E-state index is 12.2. The van der Waals surface area contributed by atoms with Gasteiger partial charge in [-0.05, 0) is 35.6 Å². The van der Waals surface area contributed by atoms with E-state index >= 15 is 0 Å². The highest BCUT2D eigenvalue weighted by Gasteiger charge is 2.11. The number of pyridine rings is 1. The molecule has 21 heavy (non-hydrogen) atoms. The minimum atomic E-state index is -0.102. The maximum Gasteiger partial charge on any atom is 0.269 e. The van der Waals surface area contributed by atoms with Crippen molar-refractivity contribution in [1.29, 1.82) is 0 Å². The van der Waals surface area contributed by atoms with Crippen LogP contribution >= 0.6 is 0 Å². The minimum Gasteiger partial charge on any atom is -0.351 e. The molecule has 1 aromatic heterocycles. The van der Waals surface area contributed by atoms with Crippen LogP contribution in [-0.2, 0) is 0 Å². The first-order valence-electron chi connectivity index (χ1n) is 7.28. The van der Waals surface area contributed by atoms with E-state index in [2.05, 4.69) is 34.6 Å². The zero-order valence-electron chi connectivity index (χ0n) is 12.3. The number of aryl methyl sites for hydroxylation is 1. The Morgan fingerprint density at radius 2 is 1.90 bits per heavy atom. The Bertz CT molecular complexity index is 824. The number of aromatic nitrogens is 1. The summed E-state index contributed by atoms with van der Waals surface area (Å²) in [5.41, 5.74) is 1.38. The molecule has 0 bridgehead atoms. The van der Waals surface area contributed by atoms with Gasteiger partial charge in [0.25, 0.3) is 5.91 Å². The molecule has 3 heteroatoms. The van der Waals surface area contributed by atoms with Gasteiger partial charge in [0.1, 0.15) is 5.69 Å². The second-order valence-corrected chi connectivity index (χ2v) is 5.23. The molecule has 0 aliphatic heterocycles. The van der Waals surface area contributed by atoms with Crippen molar-refractivity contribution in [1.82, 2.24) is 10.3 Å². The van der Waals surface area contributed by atoms with Gasteiger partial charge in [-0.25, -0.2) is 4.98 Å². The van der Waals surface area contributed by atoms with Crippen molar-refractivity contribution in [3.63, 3.8) is 0 Å². The van der Waals surface area contributed by atoms with E-state index in [1.807, 2.05) is 32.0 Å². The first-order valence-corrected chi connectivity index (χ1v) is 7.28. The number of hydrogen-bond acceptors (Lipinski definition) is 2. The topological polar surface area (TPSA) is 42.0 Å². The highest BCUT2D eigenvalue weighted by atomic mass is 16.1. The number of hydrogen-bond donors (Lipinski definition) is 1. The van der Waals surface area contributed by atoms with Crippen LogP contribution in [0, 0.1) is 6.92 Å². The normalized spacial score (nSPS) is 11.0. The summed E-state index contributed by atoms with van der Waals surface area (Å²) in [5.74, 6) is -0.102. The fraction of sp³-hybridized carbons (Fsp3) is 0.222. The first-order chi connectivity index (χ1) is 10.2. The van der Waals surface area contributed by atoms with Gasteiger partial charge in [0.15, 0.2) is 0 Å². The Morgan fingerprint density at radius 1 is 1.10 bits per heavy atom. The van der Waals surface area contributed by atoms with Gasteiger partial charge in [0, 0.05) is 17.6 Å². The molecule has 0 spiro atoms. The van der Waals surface area contributed by atoms with Crippen LogP contribution in [-0.4, -0.2) is 17.4 Å². The molecular formula is C18H18N2O. The molecule has 0 unspecified atom stereocenters. The molecule has 0 atom stereocenters. The standard InChI is InChI=1S/C18H18N2O/c1-3-10-19-18(21)17-11-16-14(12(2)20-17)9-8-13-6-4-5-7-15(13)16/h4-9,11H,3,10H2,1-2H3,(H,19,21). The third-order valence-corrected chi connectivity index (χ3v) is 3.70. The van der Waals surface area contributed by atoms with Crippen molar-refractivity contribution in [3.8, 4) is 0 Å². The number of rotatable bonds is 3. The van der Waals surface area contributed by atoms with Crippen LogP contribution in [0.15, 0.2) is 42.5 Å². The number of carbonyl (C=O) groups excluding carboxylic acids is 1. The van der Waals surface area contributed by atoms with Crippen molar-refractivity contribution in [2.45, 2.75) is 20.3 Å².